The third kappa shape index (κ3) is 11.4. The van der Waals surface area contributed by atoms with Crippen LogP contribution in [0.25, 0.3) is 0 Å². The number of hydrogen-bond donors (Lipinski definition) is 2. The van der Waals surface area contributed by atoms with Crippen molar-refractivity contribution in [3.05, 3.63) is 0 Å². The molecule has 0 heterocycles. The first-order chi connectivity index (χ1) is 13.0. The molecular weight excluding hydrogens is 336 g/mol. The summed E-state index contributed by atoms with van der Waals surface area (Å²) in [6, 6.07) is -0.111. The molecule has 1 atom stereocenters. The Morgan fingerprint density at radius 3 is 1.96 bits per heavy atom. The first kappa shape index (κ1) is 24.0. The summed E-state index contributed by atoms with van der Waals surface area (Å²) < 4.78 is 0. The van der Waals surface area contributed by atoms with E-state index in [-0.39, 0.29) is 17.7 Å². The Morgan fingerprint density at radius 1 is 0.852 bits per heavy atom. The van der Waals surface area contributed by atoms with Gasteiger partial charge in [0.25, 0.3) is 0 Å². The number of rotatable bonds is 14. The topological polar surface area (TPSA) is 58.2 Å². The Labute approximate surface area is 167 Å². The van der Waals surface area contributed by atoms with Crippen molar-refractivity contribution in [1.82, 2.24) is 10.6 Å². The predicted molar refractivity (Wildman–Crippen MR) is 114 cm³/mol. The minimum absolute atomic E-state index is 0.00247. The SMILES string of the molecule is CCCCCCCCCCCC(=O)N[C@H](C(=O)NC1CCCCC1)C(C)C. The summed E-state index contributed by atoms with van der Waals surface area (Å²) in [4.78, 5) is 24.9. The fraction of sp³-hybridized carbons (Fsp3) is 0.913. The van der Waals surface area contributed by atoms with Gasteiger partial charge >= 0.3 is 0 Å². The normalized spacial score (nSPS) is 16.3. The highest BCUT2D eigenvalue weighted by molar-refractivity contribution is 5.88. The smallest absolute Gasteiger partial charge is 0.243 e. The van der Waals surface area contributed by atoms with Crippen molar-refractivity contribution in [3.63, 3.8) is 0 Å². The van der Waals surface area contributed by atoms with E-state index in [1.165, 1.54) is 64.2 Å². The molecule has 1 rings (SSSR count). The van der Waals surface area contributed by atoms with E-state index in [0.717, 1.165) is 25.7 Å². The van der Waals surface area contributed by atoms with Gasteiger partial charge in [0, 0.05) is 12.5 Å². The van der Waals surface area contributed by atoms with E-state index in [9.17, 15) is 9.59 Å². The molecule has 0 unspecified atom stereocenters. The van der Waals surface area contributed by atoms with Gasteiger partial charge in [0.1, 0.15) is 6.04 Å². The van der Waals surface area contributed by atoms with Crippen LogP contribution in [0.15, 0.2) is 0 Å². The Balaban J connectivity index is 2.17. The van der Waals surface area contributed by atoms with Crippen LogP contribution in [0.2, 0.25) is 0 Å². The van der Waals surface area contributed by atoms with Crippen LogP contribution in [0.4, 0.5) is 0 Å². The maximum absolute atomic E-state index is 12.6. The van der Waals surface area contributed by atoms with Crippen LogP contribution in [-0.2, 0) is 9.59 Å². The summed E-state index contributed by atoms with van der Waals surface area (Å²) in [5, 5.41) is 6.14. The van der Waals surface area contributed by atoms with Crippen molar-refractivity contribution in [3.8, 4) is 0 Å². The fourth-order valence-corrected chi connectivity index (χ4v) is 3.91. The Bertz CT molecular complexity index is 403. The first-order valence-corrected chi connectivity index (χ1v) is 11.6. The summed E-state index contributed by atoms with van der Waals surface area (Å²) in [6.45, 7) is 6.25. The molecule has 0 saturated heterocycles. The van der Waals surface area contributed by atoms with Crippen LogP contribution in [-0.4, -0.2) is 23.9 Å². The maximum Gasteiger partial charge on any atom is 0.243 e. The molecule has 27 heavy (non-hydrogen) atoms. The average Bonchev–Trinajstić information content (AvgIpc) is 2.65. The molecule has 158 valence electrons. The minimum Gasteiger partial charge on any atom is -0.352 e. The van der Waals surface area contributed by atoms with E-state index in [4.69, 9.17) is 0 Å². The molecule has 1 saturated carbocycles. The maximum atomic E-state index is 12.6. The molecule has 0 spiro atoms. The van der Waals surface area contributed by atoms with Crippen LogP contribution < -0.4 is 10.6 Å². The van der Waals surface area contributed by atoms with Gasteiger partial charge in [-0.1, -0.05) is 91.4 Å². The Kier molecular flexibility index (Phi) is 13.3. The van der Waals surface area contributed by atoms with Crippen molar-refractivity contribution >= 4 is 11.8 Å². The zero-order valence-electron chi connectivity index (χ0n) is 18.2. The summed E-state index contributed by atoms with van der Waals surface area (Å²) in [6.07, 6.45) is 17.6. The molecule has 1 aliphatic rings. The molecule has 2 N–H and O–H groups in total. The lowest BCUT2D eigenvalue weighted by atomic mass is 9.94. The van der Waals surface area contributed by atoms with Gasteiger partial charge in [0.05, 0.1) is 0 Å². The molecule has 4 nitrogen and oxygen atoms in total. The standard InChI is InChI=1S/C23H44N2O2/c1-4-5-6-7-8-9-10-11-15-18-21(26)25-22(19(2)3)23(27)24-20-16-13-12-14-17-20/h19-20,22H,4-18H2,1-3H3,(H,24,27)(H,25,26)/t22-/m0/s1. The van der Waals surface area contributed by atoms with Crippen LogP contribution in [0, 0.1) is 5.92 Å². The van der Waals surface area contributed by atoms with Crippen LogP contribution in [0.5, 0.6) is 0 Å². The second-order valence-electron chi connectivity index (χ2n) is 8.71. The summed E-state index contributed by atoms with van der Waals surface area (Å²) in [5.41, 5.74) is 0. The highest BCUT2D eigenvalue weighted by atomic mass is 16.2. The van der Waals surface area contributed by atoms with Gasteiger partial charge in [-0.05, 0) is 25.2 Å². The van der Waals surface area contributed by atoms with Gasteiger partial charge in [-0.25, -0.2) is 0 Å². The Hall–Kier alpha value is -1.06. The van der Waals surface area contributed by atoms with Gasteiger partial charge in [-0.3, -0.25) is 9.59 Å². The molecule has 0 aliphatic heterocycles. The molecule has 4 heteroatoms. The van der Waals surface area contributed by atoms with Crippen LogP contribution >= 0.6 is 0 Å². The number of nitrogens with one attached hydrogen (secondary N) is 2. The quantitative estimate of drug-likeness (QED) is 0.391. The van der Waals surface area contributed by atoms with Crippen LogP contribution in [0.3, 0.4) is 0 Å². The lowest BCUT2D eigenvalue weighted by molar-refractivity contribution is -0.130. The predicted octanol–water partition coefficient (Wildman–Crippen LogP) is 5.50. The number of carbonyl (C=O) groups is 2. The molecule has 0 bridgehead atoms. The molecule has 0 radical (unpaired) electrons. The molecule has 1 aliphatic carbocycles. The molecule has 0 aromatic heterocycles. The van der Waals surface area contributed by atoms with Gasteiger partial charge < -0.3 is 10.6 Å². The largest absolute Gasteiger partial charge is 0.352 e. The molecule has 2 amide bonds. The van der Waals surface area contributed by atoms with Gasteiger partial charge in [0.2, 0.25) is 11.8 Å². The van der Waals surface area contributed by atoms with Crippen molar-refractivity contribution < 1.29 is 9.59 Å². The second-order valence-corrected chi connectivity index (χ2v) is 8.71. The van der Waals surface area contributed by atoms with Crippen molar-refractivity contribution in [2.75, 3.05) is 0 Å². The lowest BCUT2D eigenvalue weighted by Gasteiger charge is -2.27. The van der Waals surface area contributed by atoms with Crippen molar-refractivity contribution in [2.45, 2.75) is 129 Å². The van der Waals surface area contributed by atoms with E-state index in [1.807, 2.05) is 13.8 Å². The zero-order valence-corrected chi connectivity index (χ0v) is 18.2. The number of amides is 2. The van der Waals surface area contributed by atoms with Crippen molar-refractivity contribution in [2.24, 2.45) is 5.92 Å². The summed E-state index contributed by atoms with van der Waals surface area (Å²) in [5.74, 6) is 0.133. The van der Waals surface area contributed by atoms with Crippen LogP contribution in [0.1, 0.15) is 117 Å². The van der Waals surface area contributed by atoms with Gasteiger partial charge in [0.15, 0.2) is 0 Å². The van der Waals surface area contributed by atoms with Crippen molar-refractivity contribution in [1.29, 1.82) is 0 Å². The highest BCUT2D eigenvalue weighted by Gasteiger charge is 2.26. The molecule has 1 fully saturated rings. The number of unbranched alkanes of at least 4 members (excludes halogenated alkanes) is 8. The Morgan fingerprint density at radius 2 is 1.41 bits per heavy atom. The van der Waals surface area contributed by atoms with Gasteiger partial charge in [-0.2, -0.15) is 0 Å². The summed E-state index contributed by atoms with van der Waals surface area (Å²) in [7, 11) is 0. The fourth-order valence-electron chi connectivity index (χ4n) is 3.91. The van der Waals surface area contributed by atoms with E-state index in [1.54, 1.807) is 0 Å². The lowest BCUT2D eigenvalue weighted by Crippen LogP contribution is -2.52. The average molecular weight is 381 g/mol. The third-order valence-electron chi connectivity index (χ3n) is 5.72. The van der Waals surface area contributed by atoms with E-state index >= 15 is 0 Å². The molecule has 0 aromatic rings. The molecular formula is C23H44N2O2. The minimum atomic E-state index is -0.405. The summed E-state index contributed by atoms with van der Waals surface area (Å²) >= 11 is 0. The van der Waals surface area contributed by atoms with E-state index in [2.05, 4.69) is 17.6 Å². The molecule has 0 aromatic carbocycles. The zero-order chi connectivity index (χ0) is 19.9. The number of carbonyl (C=O) groups excluding carboxylic acids is 2. The van der Waals surface area contributed by atoms with Gasteiger partial charge in [-0.15, -0.1) is 0 Å². The second kappa shape index (κ2) is 14.9. The van der Waals surface area contributed by atoms with E-state index in [0.29, 0.717) is 12.5 Å². The number of hydrogen-bond acceptors (Lipinski definition) is 2. The first-order valence-electron chi connectivity index (χ1n) is 11.6. The highest BCUT2D eigenvalue weighted by Crippen LogP contribution is 2.18. The monoisotopic (exact) mass is 380 g/mol. The third-order valence-corrected chi connectivity index (χ3v) is 5.72. The van der Waals surface area contributed by atoms with E-state index < -0.39 is 6.04 Å².